The molecule has 2 aromatic rings. The topological polar surface area (TPSA) is 44.5 Å². The van der Waals surface area contributed by atoms with Gasteiger partial charge in [-0.1, -0.05) is 26.0 Å². The quantitative estimate of drug-likeness (QED) is 0.834. The molecule has 1 unspecified atom stereocenters. The summed E-state index contributed by atoms with van der Waals surface area (Å²) in [6, 6.07) is 5.31. The normalized spacial score (nSPS) is 12.9. The van der Waals surface area contributed by atoms with Crippen molar-refractivity contribution in [1.29, 1.82) is 0 Å². The Kier molecular flexibility index (Phi) is 4.14. The van der Waals surface area contributed by atoms with E-state index in [4.69, 9.17) is 12.2 Å². The van der Waals surface area contributed by atoms with Gasteiger partial charge in [-0.05, 0) is 48.2 Å². The molecule has 3 nitrogen and oxygen atoms in total. The third kappa shape index (κ3) is 3.29. The molecular weight excluding hydrogens is 261 g/mol. The van der Waals surface area contributed by atoms with Crippen molar-refractivity contribution in [3.63, 3.8) is 0 Å². The largest absolute Gasteiger partial charge is 0.286 e. The van der Waals surface area contributed by atoms with E-state index >= 15 is 0 Å². The van der Waals surface area contributed by atoms with Gasteiger partial charge in [-0.15, -0.1) is 0 Å². The number of H-pyrrole nitrogens is 2. The van der Waals surface area contributed by atoms with E-state index in [2.05, 4.69) is 29.0 Å². The van der Waals surface area contributed by atoms with Gasteiger partial charge in [-0.2, -0.15) is 0 Å². The summed E-state index contributed by atoms with van der Waals surface area (Å²) in [5.41, 5.74) is 1.81. The Bertz CT molecular complexity index is 615. The van der Waals surface area contributed by atoms with Gasteiger partial charge in [0, 0.05) is 6.42 Å². The molecule has 0 aliphatic heterocycles. The van der Waals surface area contributed by atoms with Gasteiger partial charge in [0.05, 0.1) is 0 Å². The summed E-state index contributed by atoms with van der Waals surface area (Å²) < 4.78 is 13.8. The Balaban J connectivity index is 2.29. The first-order valence-corrected chi connectivity index (χ1v) is 6.78. The zero-order valence-corrected chi connectivity index (χ0v) is 12.1. The van der Waals surface area contributed by atoms with Gasteiger partial charge < -0.3 is 0 Å². The van der Waals surface area contributed by atoms with Crippen LogP contribution in [0.25, 0.3) is 0 Å². The summed E-state index contributed by atoms with van der Waals surface area (Å²) in [6.45, 7) is 6.10. The third-order valence-electron chi connectivity index (χ3n) is 3.38. The molecule has 2 N–H and O–H groups in total. The van der Waals surface area contributed by atoms with Crippen molar-refractivity contribution >= 4 is 12.2 Å². The number of hydrogen-bond acceptors (Lipinski definition) is 2. The molecule has 1 atom stereocenters. The minimum atomic E-state index is -0.162. The Hall–Kier alpha value is -1.49. The summed E-state index contributed by atoms with van der Waals surface area (Å²) in [7, 11) is 0. The first-order valence-electron chi connectivity index (χ1n) is 6.37. The summed E-state index contributed by atoms with van der Waals surface area (Å²) >= 11 is 4.96. The Labute approximate surface area is 117 Å². The number of nitrogens with zero attached hydrogens (tertiary/aromatic N) is 1. The number of aromatic nitrogens is 3. The molecule has 0 aliphatic carbocycles. The number of nitrogens with one attached hydrogen (secondary N) is 2. The van der Waals surface area contributed by atoms with E-state index in [0.717, 1.165) is 17.8 Å². The smallest absolute Gasteiger partial charge is 0.213 e. The molecule has 1 aromatic carbocycles. The fourth-order valence-electron chi connectivity index (χ4n) is 2.25. The lowest BCUT2D eigenvalue weighted by Gasteiger charge is -2.20. The highest BCUT2D eigenvalue weighted by Gasteiger charge is 2.18. The SMILES string of the molecule is Cc1cc(C(Cc2nc(=S)[nH][nH]2)C(C)C)ccc1F. The number of hydrogen-bond donors (Lipinski definition) is 2. The molecule has 0 amide bonds. The molecule has 5 heteroatoms. The molecule has 102 valence electrons. The molecule has 0 radical (unpaired) electrons. The van der Waals surface area contributed by atoms with E-state index < -0.39 is 0 Å². The summed E-state index contributed by atoms with van der Waals surface area (Å²) in [4.78, 5) is 4.23. The standard InChI is InChI=1S/C14H18FN3S/c1-8(2)11(7-13-16-14(19)18-17-13)10-4-5-12(15)9(3)6-10/h4-6,8,11H,7H2,1-3H3,(H2,16,17,18,19). The summed E-state index contributed by atoms with van der Waals surface area (Å²) in [6.07, 6.45) is 0.760. The molecule has 0 saturated heterocycles. The predicted octanol–water partition coefficient (Wildman–Crippen LogP) is 3.90. The maximum absolute atomic E-state index is 13.4. The molecule has 1 heterocycles. The van der Waals surface area contributed by atoms with E-state index in [9.17, 15) is 4.39 Å². The number of rotatable bonds is 4. The molecule has 2 rings (SSSR count). The van der Waals surface area contributed by atoms with Gasteiger partial charge in [0.2, 0.25) is 4.77 Å². The number of aryl methyl sites for hydroxylation is 1. The lowest BCUT2D eigenvalue weighted by Crippen LogP contribution is -2.11. The van der Waals surface area contributed by atoms with E-state index in [1.165, 1.54) is 6.07 Å². The number of aromatic amines is 2. The predicted molar refractivity (Wildman–Crippen MR) is 76.2 cm³/mol. The second-order valence-electron chi connectivity index (χ2n) is 5.18. The molecule has 0 spiro atoms. The van der Waals surface area contributed by atoms with Gasteiger partial charge >= 0.3 is 0 Å². The van der Waals surface area contributed by atoms with Crippen molar-refractivity contribution in [2.75, 3.05) is 0 Å². The van der Waals surface area contributed by atoms with Crippen molar-refractivity contribution in [2.45, 2.75) is 33.1 Å². The van der Waals surface area contributed by atoms with Crippen LogP contribution in [0.4, 0.5) is 4.39 Å². The molecule has 19 heavy (non-hydrogen) atoms. The number of benzene rings is 1. The van der Waals surface area contributed by atoms with Crippen LogP contribution in [0.1, 0.15) is 36.7 Å². The first-order chi connectivity index (χ1) is 8.97. The molecule has 0 aliphatic rings. The molecule has 0 saturated carbocycles. The zero-order chi connectivity index (χ0) is 14.0. The van der Waals surface area contributed by atoms with Crippen LogP contribution in [0.15, 0.2) is 18.2 Å². The van der Waals surface area contributed by atoms with Crippen molar-refractivity contribution < 1.29 is 4.39 Å². The Morgan fingerprint density at radius 3 is 2.58 bits per heavy atom. The summed E-state index contributed by atoms with van der Waals surface area (Å²) in [5.74, 6) is 1.40. The average molecular weight is 279 g/mol. The van der Waals surface area contributed by atoms with Gasteiger partial charge in [-0.25, -0.2) is 9.37 Å². The highest BCUT2D eigenvalue weighted by atomic mass is 32.1. The van der Waals surface area contributed by atoms with Crippen LogP contribution in [0.3, 0.4) is 0 Å². The maximum Gasteiger partial charge on any atom is 0.213 e. The lowest BCUT2D eigenvalue weighted by molar-refractivity contribution is 0.485. The second kappa shape index (κ2) is 5.65. The minimum Gasteiger partial charge on any atom is -0.286 e. The molecule has 1 aromatic heterocycles. The highest BCUT2D eigenvalue weighted by Crippen LogP contribution is 2.28. The van der Waals surface area contributed by atoms with E-state index in [1.54, 1.807) is 6.92 Å². The van der Waals surface area contributed by atoms with Crippen molar-refractivity contribution in [3.05, 3.63) is 45.7 Å². The Morgan fingerprint density at radius 2 is 2.05 bits per heavy atom. The van der Waals surface area contributed by atoms with Crippen molar-refractivity contribution in [1.82, 2.24) is 15.2 Å². The van der Waals surface area contributed by atoms with Crippen molar-refractivity contribution in [2.24, 2.45) is 5.92 Å². The lowest BCUT2D eigenvalue weighted by atomic mass is 9.85. The van der Waals surface area contributed by atoms with Crippen LogP contribution < -0.4 is 0 Å². The van der Waals surface area contributed by atoms with Crippen LogP contribution in [0.2, 0.25) is 0 Å². The zero-order valence-electron chi connectivity index (χ0n) is 11.3. The van der Waals surface area contributed by atoms with Crippen LogP contribution >= 0.6 is 12.2 Å². The van der Waals surface area contributed by atoms with E-state index in [-0.39, 0.29) is 11.7 Å². The fourth-order valence-corrected chi connectivity index (χ4v) is 2.41. The van der Waals surface area contributed by atoms with Crippen LogP contribution in [-0.2, 0) is 6.42 Å². The number of halogens is 1. The molecule has 0 fully saturated rings. The monoisotopic (exact) mass is 279 g/mol. The average Bonchev–Trinajstić information content (AvgIpc) is 2.75. The third-order valence-corrected chi connectivity index (χ3v) is 3.57. The first kappa shape index (κ1) is 13.9. The fraction of sp³-hybridized carbons (Fsp3) is 0.429. The van der Waals surface area contributed by atoms with E-state index in [1.807, 2.05) is 12.1 Å². The second-order valence-corrected chi connectivity index (χ2v) is 5.56. The molecule has 0 bridgehead atoms. The van der Waals surface area contributed by atoms with Crippen molar-refractivity contribution in [3.8, 4) is 0 Å². The van der Waals surface area contributed by atoms with Gasteiger partial charge in [-0.3, -0.25) is 10.2 Å². The minimum absolute atomic E-state index is 0.162. The molecular formula is C14H18FN3S. The van der Waals surface area contributed by atoms with Crippen LogP contribution in [0.5, 0.6) is 0 Å². The highest BCUT2D eigenvalue weighted by molar-refractivity contribution is 7.71. The maximum atomic E-state index is 13.4. The van der Waals surface area contributed by atoms with Crippen LogP contribution in [-0.4, -0.2) is 15.2 Å². The summed E-state index contributed by atoms with van der Waals surface area (Å²) in [5, 5.41) is 5.78. The van der Waals surface area contributed by atoms with Gasteiger partial charge in [0.15, 0.2) is 0 Å². The van der Waals surface area contributed by atoms with E-state index in [0.29, 0.717) is 16.3 Å². The van der Waals surface area contributed by atoms with Crippen LogP contribution in [0, 0.1) is 23.4 Å². The van der Waals surface area contributed by atoms with Gasteiger partial charge in [0.1, 0.15) is 11.6 Å². The van der Waals surface area contributed by atoms with Gasteiger partial charge in [0.25, 0.3) is 0 Å². The Morgan fingerprint density at radius 1 is 1.32 bits per heavy atom.